The van der Waals surface area contributed by atoms with Crippen molar-refractivity contribution in [2.45, 2.75) is 6.17 Å². The molecule has 0 aromatic heterocycles. The lowest BCUT2D eigenvalue weighted by Crippen LogP contribution is -2.46. The molecule has 1 heterocycles. The number of hydrogen-bond donors (Lipinski definition) is 3. The lowest BCUT2D eigenvalue weighted by atomic mass is 10.1. The summed E-state index contributed by atoms with van der Waals surface area (Å²) in [6.45, 7) is 0. The van der Waals surface area contributed by atoms with Gasteiger partial charge >= 0.3 is 0 Å². The molecule has 1 atom stereocenters. The van der Waals surface area contributed by atoms with Crippen molar-refractivity contribution in [3.8, 4) is 5.75 Å². The average molecular weight is 239 g/mol. The Kier molecular flexibility index (Phi) is 2.70. The standard InChI is InChI=1S/C9H9N3OS2/c10-8(14)11-7-5-3-1-2-4-6(5)13-9(15)12-7/h1-4,7H,(H,12,15)(H3,10,11,14)/t7-/m1/s1. The summed E-state index contributed by atoms with van der Waals surface area (Å²) in [6.07, 6.45) is -0.222. The van der Waals surface area contributed by atoms with Crippen LogP contribution in [0.5, 0.6) is 5.75 Å². The fourth-order valence-corrected chi connectivity index (χ4v) is 1.72. The van der Waals surface area contributed by atoms with Crippen LogP contribution >= 0.6 is 24.4 Å². The fraction of sp³-hybridized carbons (Fsp3) is 0.111. The summed E-state index contributed by atoms with van der Waals surface area (Å²) < 4.78 is 5.34. The Labute approximate surface area is 97.8 Å². The molecule has 0 aliphatic carbocycles. The highest BCUT2D eigenvalue weighted by Gasteiger charge is 2.23. The first-order chi connectivity index (χ1) is 7.16. The maximum Gasteiger partial charge on any atom is 0.264 e. The Bertz CT molecular complexity index is 422. The molecule has 0 amide bonds. The SMILES string of the molecule is NC(=S)N[C@@H]1NC(=S)Oc2ccccc21. The molecule has 6 heteroatoms. The number of para-hydroxylation sites is 1. The molecule has 4 N–H and O–H groups in total. The molecule has 1 aliphatic rings. The van der Waals surface area contributed by atoms with E-state index in [4.69, 9.17) is 34.9 Å². The van der Waals surface area contributed by atoms with Crippen molar-refractivity contribution < 1.29 is 4.74 Å². The largest absolute Gasteiger partial charge is 0.431 e. The van der Waals surface area contributed by atoms with Gasteiger partial charge in [-0.05, 0) is 30.5 Å². The van der Waals surface area contributed by atoms with Crippen LogP contribution in [-0.2, 0) is 0 Å². The molecule has 78 valence electrons. The Morgan fingerprint density at radius 3 is 2.93 bits per heavy atom. The number of thiocarbonyl (C=S) groups is 2. The topological polar surface area (TPSA) is 59.3 Å². The van der Waals surface area contributed by atoms with Gasteiger partial charge in [0.1, 0.15) is 11.9 Å². The van der Waals surface area contributed by atoms with Crippen molar-refractivity contribution in [3.05, 3.63) is 29.8 Å². The van der Waals surface area contributed by atoms with Crippen molar-refractivity contribution >= 4 is 34.7 Å². The quantitative estimate of drug-likeness (QED) is 0.630. The molecule has 2 rings (SSSR count). The summed E-state index contributed by atoms with van der Waals surface area (Å²) in [5, 5.41) is 6.36. The molecule has 0 bridgehead atoms. The van der Waals surface area contributed by atoms with Gasteiger partial charge in [-0.2, -0.15) is 0 Å². The summed E-state index contributed by atoms with van der Waals surface area (Å²) in [7, 11) is 0. The second-order valence-electron chi connectivity index (χ2n) is 3.01. The Hall–Kier alpha value is -1.40. The number of hydrogen-bond acceptors (Lipinski definition) is 3. The number of nitrogens with two attached hydrogens (primary N) is 1. The third kappa shape index (κ3) is 2.16. The fourth-order valence-electron chi connectivity index (χ4n) is 1.39. The highest BCUT2D eigenvalue weighted by molar-refractivity contribution is 7.80. The second-order valence-corrected chi connectivity index (χ2v) is 3.82. The molecule has 0 radical (unpaired) electrons. The lowest BCUT2D eigenvalue weighted by molar-refractivity contribution is 0.441. The normalized spacial score (nSPS) is 18.4. The molecule has 0 saturated heterocycles. The van der Waals surface area contributed by atoms with E-state index in [2.05, 4.69) is 10.6 Å². The van der Waals surface area contributed by atoms with Crippen LogP contribution in [0.2, 0.25) is 0 Å². The molecular weight excluding hydrogens is 230 g/mol. The van der Waals surface area contributed by atoms with Crippen LogP contribution < -0.4 is 21.1 Å². The number of benzene rings is 1. The van der Waals surface area contributed by atoms with E-state index in [1.807, 2.05) is 24.3 Å². The van der Waals surface area contributed by atoms with Crippen LogP contribution in [-0.4, -0.2) is 10.3 Å². The minimum atomic E-state index is -0.222. The smallest absolute Gasteiger partial charge is 0.264 e. The molecular formula is C9H9N3OS2. The molecule has 15 heavy (non-hydrogen) atoms. The Balaban J connectivity index is 2.33. The van der Waals surface area contributed by atoms with E-state index >= 15 is 0 Å². The van der Waals surface area contributed by atoms with Gasteiger partial charge in [-0.15, -0.1) is 0 Å². The minimum absolute atomic E-state index is 0.215. The van der Waals surface area contributed by atoms with Crippen molar-refractivity contribution in [2.75, 3.05) is 0 Å². The van der Waals surface area contributed by atoms with Crippen LogP contribution in [0.1, 0.15) is 11.7 Å². The number of fused-ring (bicyclic) bond motifs is 1. The summed E-state index contributed by atoms with van der Waals surface area (Å²) in [5.74, 6) is 0.718. The maximum atomic E-state index is 5.42. The van der Waals surface area contributed by atoms with E-state index < -0.39 is 0 Å². The van der Waals surface area contributed by atoms with Gasteiger partial charge in [-0.3, -0.25) is 0 Å². The molecule has 0 spiro atoms. The zero-order valence-corrected chi connectivity index (χ0v) is 9.32. The Morgan fingerprint density at radius 1 is 1.47 bits per heavy atom. The predicted molar refractivity (Wildman–Crippen MR) is 65.5 cm³/mol. The van der Waals surface area contributed by atoms with Gasteiger partial charge in [0.25, 0.3) is 5.17 Å². The molecule has 0 saturated carbocycles. The van der Waals surface area contributed by atoms with Crippen LogP contribution in [0.25, 0.3) is 0 Å². The molecule has 0 fully saturated rings. The highest BCUT2D eigenvalue weighted by atomic mass is 32.1. The monoisotopic (exact) mass is 239 g/mol. The van der Waals surface area contributed by atoms with Gasteiger partial charge < -0.3 is 21.1 Å². The predicted octanol–water partition coefficient (Wildman–Crippen LogP) is 0.785. The Morgan fingerprint density at radius 2 is 2.20 bits per heavy atom. The summed E-state index contributed by atoms with van der Waals surface area (Å²) in [4.78, 5) is 0. The van der Waals surface area contributed by atoms with E-state index in [1.165, 1.54) is 0 Å². The van der Waals surface area contributed by atoms with Crippen molar-refractivity contribution in [1.82, 2.24) is 10.6 Å². The molecule has 1 aliphatic heterocycles. The molecule has 4 nitrogen and oxygen atoms in total. The second kappa shape index (κ2) is 4.00. The first-order valence-corrected chi connectivity index (χ1v) is 5.12. The van der Waals surface area contributed by atoms with Gasteiger partial charge in [0.15, 0.2) is 5.11 Å². The van der Waals surface area contributed by atoms with Crippen LogP contribution in [0.3, 0.4) is 0 Å². The third-order valence-electron chi connectivity index (χ3n) is 1.98. The van der Waals surface area contributed by atoms with E-state index in [0.717, 1.165) is 11.3 Å². The van der Waals surface area contributed by atoms with Gasteiger partial charge in [-0.1, -0.05) is 18.2 Å². The number of rotatable bonds is 1. The summed E-state index contributed by atoms with van der Waals surface area (Å²) in [6, 6.07) is 7.55. The molecule has 0 unspecified atom stereocenters. The van der Waals surface area contributed by atoms with Gasteiger partial charge in [0.05, 0.1) is 0 Å². The summed E-state index contributed by atoms with van der Waals surface area (Å²) in [5.41, 5.74) is 6.35. The van der Waals surface area contributed by atoms with Crippen LogP contribution in [0.15, 0.2) is 24.3 Å². The van der Waals surface area contributed by atoms with Crippen molar-refractivity contribution in [3.63, 3.8) is 0 Å². The third-order valence-corrected chi connectivity index (χ3v) is 2.30. The summed E-state index contributed by atoms with van der Waals surface area (Å²) >= 11 is 9.74. The van der Waals surface area contributed by atoms with Gasteiger partial charge in [0.2, 0.25) is 0 Å². The number of nitrogens with one attached hydrogen (secondary N) is 2. The maximum absolute atomic E-state index is 5.42. The van der Waals surface area contributed by atoms with Gasteiger partial charge in [0, 0.05) is 5.56 Å². The van der Waals surface area contributed by atoms with Crippen LogP contribution in [0, 0.1) is 0 Å². The van der Waals surface area contributed by atoms with E-state index in [-0.39, 0.29) is 11.3 Å². The highest BCUT2D eigenvalue weighted by Crippen LogP contribution is 2.27. The van der Waals surface area contributed by atoms with Crippen molar-refractivity contribution in [2.24, 2.45) is 5.73 Å². The first-order valence-electron chi connectivity index (χ1n) is 4.30. The molecule has 1 aromatic carbocycles. The van der Waals surface area contributed by atoms with E-state index in [0.29, 0.717) is 5.17 Å². The van der Waals surface area contributed by atoms with Gasteiger partial charge in [-0.25, -0.2) is 0 Å². The average Bonchev–Trinajstić information content (AvgIpc) is 2.16. The lowest BCUT2D eigenvalue weighted by Gasteiger charge is -2.28. The number of ether oxygens (including phenoxy) is 1. The van der Waals surface area contributed by atoms with Crippen LogP contribution in [0.4, 0.5) is 0 Å². The zero-order chi connectivity index (χ0) is 10.8. The zero-order valence-electron chi connectivity index (χ0n) is 7.69. The van der Waals surface area contributed by atoms with Crippen molar-refractivity contribution in [1.29, 1.82) is 0 Å². The van der Waals surface area contributed by atoms with E-state index in [9.17, 15) is 0 Å². The van der Waals surface area contributed by atoms with E-state index in [1.54, 1.807) is 0 Å². The molecule has 1 aromatic rings. The minimum Gasteiger partial charge on any atom is -0.431 e. The first kappa shape index (κ1) is 10.1.